The molecule has 0 bridgehead atoms. The number of halogens is 3. The Morgan fingerprint density at radius 3 is 2.68 bits per heavy atom. The maximum atomic E-state index is 14.4. The number of carbonyl (C=O) groups is 2. The second-order valence-corrected chi connectivity index (χ2v) is 9.88. The first-order chi connectivity index (χ1) is 17.9. The van der Waals surface area contributed by atoms with Gasteiger partial charge in [0.15, 0.2) is 12.3 Å². The largest absolute Gasteiger partial charge is 0.484 e. The number of methoxy groups -OCH3 is 1. The van der Waals surface area contributed by atoms with Gasteiger partial charge < -0.3 is 19.3 Å². The Labute approximate surface area is 223 Å². The Morgan fingerprint density at radius 1 is 1.11 bits per heavy atom. The van der Waals surface area contributed by atoms with Crippen molar-refractivity contribution in [3.8, 4) is 17.3 Å². The number of benzene rings is 2. The highest BCUT2D eigenvalue weighted by Gasteiger charge is 2.43. The van der Waals surface area contributed by atoms with Crippen molar-refractivity contribution in [2.45, 2.75) is 18.9 Å². The number of rotatable bonds is 6. The van der Waals surface area contributed by atoms with Gasteiger partial charge in [0.05, 0.1) is 23.2 Å². The topological polar surface area (TPSA) is 76.9 Å². The van der Waals surface area contributed by atoms with E-state index < -0.39 is 5.82 Å². The average molecular weight is 547 g/mol. The molecule has 5 rings (SSSR count). The van der Waals surface area contributed by atoms with Gasteiger partial charge in [-0.15, -0.1) is 0 Å². The molecular formula is C26H25Cl2FN4O4. The van der Waals surface area contributed by atoms with E-state index in [4.69, 9.17) is 32.7 Å². The Morgan fingerprint density at radius 2 is 1.92 bits per heavy atom. The normalized spacial score (nSPS) is 19.0. The summed E-state index contributed by atoms with van der Waals surface area (Å²) in [7, 11) is 1.44. The number of fused-ring (bicyclic) bond motifs is 1. The minimum absolute atomic E-state index is 0.139. The lowest BCUT2D eigenvalue weighted by atomic mass is 9.92. The summed E-state index contributed by atoms with van der Waals surface area (Å²) in [5.74, 6) is -0.0563. The van der Waals surface area contributed by atoms with Crippen LogP contribution in [-0.4, -0.2) is 70.8 Å². The van der Waals surface area contributed by atoms with Crippen molar-refractivity contribution in [3.05, 3.63) is 70.1 Å². The molecule has 2 aliphatic heterocycles. The zero-order chi connectivity index (χ0) is 26.1. The van der Waals surface area contributed by atoms with Crippen molar-refractivity contribution in [1.82, 2.24) is 19.6 Å². The number of hydrogen-bond acceptors (Lipinski definition) is 5. The minimum Gasteiger partial charge on any atom is -0.484 e. The Bertz CT molecular complexity index is 1330. The Kier molecular flexibility index (Phi) is 7.26. The van der Waals surface area contributed by atoms with Gasteiger partial charge in [-0.25, -0.2) is 4.39 Å². The highest BCUT2D eigenvalue weighted by atomic mass is 35.5. The third kappa shape index (κ3) is 5.10. The molecular weight excluding hydrogens is 522 g/mol. The number of hydrogen-bond donors (Lipinski definition) is 0. The quantitative estimate of drug-likeness (QED) is 0.456. The molecule has 0 aliphatic carbocycles. The van der Waals surface area contributed by atoms with Gasteiger partial charge in [-0.1, -0.05) is 35.3 Å². The van der Waals surface area contributed by atoms with E-state index >= 15 is 0 Å². The van der Waals surface area contributed by atoms with Crippen LogP contribution in [0.3, 0.4) is 0 Å². The molecule has 0 N–H and O–H groups in total. The summed E-state index contributed by atoms with van der Waals surface area (Å²) in [6, 6.07) is 12.4. The molecule has 2 saturated heterocycles. The molecule has 2 fully saturated rings. The standard InChI is InChI=1S/C26H25Cl2FN4O4/c1-36-25-12-21(30-33(25)22-7-3-2-6-20(22)29)26(35)32-10-4-5-16-13-31(14-23(16)32)24(34)15-37-17-8-9-18(27)19(28)11-17/h2-3,6-9,11-12,16,23H,4-5,10,13-15H2,1H3/t16-,23+/m1/s1. The minimum atomic E-state index is -0.478. The summed E-state index contributed by atoms with van der Waals surface area (Å²) in [5, 5.41) is 5.13. The van der Waals surface area contributed by atoms with Gasteiger partial charge in [0, 0.05) is 31.8 Å². The van der Waals surface area contributed by atoms with Gasteiger partial charge in [-0.05, 0) is 43.0 Å². The third-order valence-electron chi connectivity index (χ3n) is 6.83. The number of carbonyl (C=O) groups excluding carboxylic acids is 2. The van der Waals surface area contributed by atoms with Gasteiger partial charge in [0.1, 0.15) is 17.3 Å². The van der Waals surface area contributed by atoms with Crippen LogP contribution in [0.2, 0.25) is 10.0 Å². The lowest BCUT2D eigenvalue weighted by Gasteiger charge is -2.36. The zero-order valence-corrected chi connectivity index (χ0v) is 21.6. The van der Waals surface area contributed by atoms with Crippen LogP contribution in [-0.2, 0) is 4.79 Å². The van der Waals surface area contributed by atoms with Crippen LogP contribution in [0.25, 0.3) is 5.69 Å². The number of amides is 2. The van der Waals surface area contributed by atoms with E-state index in [0.717, 1.165) is 12.8 Å². The summed E-state index contributed by atoms with van der Waals surface area (Å²) < 4.78 is 26.7. The molecule has 2 aromatic carbocycles. The van der Waals surface area contributed by atoms with Gasteiger partial charge in [0.2, 0.25) is 5.88 Å². The predicted octanol–water partition coefficient (Wildman–Crippen LogP) is 4.47. The van der Waals surface area contributed by atoms with Crippen LogP contribution in [0, 0.1) is 11.7 Å². The molecule has 3 heterocycles. The van der Waals surface area contributed by atoms with Crippen LogP contribution >= 0.6 is 23.2 Å². The fourth-order valence-corrected chi connectivity index (χ4v) is 5.28. The maximum absolute atomic E-state index is 14.4. The average Bonchev–Trinajstić information content (AvgIpc) is 3.53. The molecule has 2 aliphatic rings. The number of likely N-dealkylation sites (tertiary alicyclic amines) is 2. The number of para-hydroxylation sites is 1. The summed E-state index contributed by atoms with van der Waals surface area (Å²) in [6.45, 7) is 1.36. The molecule has 3 aromatic rings. The van der Waals surface area contributed by atoms with Crippen molar-refractivity contribution >= 4 is 35.0 Å². The smallest absolute Gasteiger partial charge is 0.274 e. The van der Waals surface area contributed by atoms with Crippen LogP contribution in [0.1, 0.15) is 23.3 Å². The molecule has 2 atom stereocenters. The number of nitrogens with zero attached hydrogens (tertiary/aromatic N) is 4. The van der Waals surface area contributed by atoms with Crippen molar-refractivity contribution in [1.29, 1.82) is 0 Å². The van der Waals surface area contributed by atoms with E-state index in [1.165, 1.54) is 23.9 Å². The van der Waals surface area contributed by atoms with E-state index in [2.05, 4.69) is 5.10 Å². The first-order valence-electron chi connectivity index (χ1n) is 11.9. The van der Waals surface area contributed by atoms with Crippen molar-refractivity contribution < 1.29 is 23.5 Å². The second kappa shape index (κ2) is 10.6. The Balaban J connectivity index is 1.29. The van der Waals surface area contributed by atoms with Gasteiger partial charge in [-0.3, -0.25) is 9.59 Å². The zero-order valence-electron chi connectivity index (χ0n) is 20.1. The molecule has 2 amide bonds. The highest BCUT2D eigenvalue weighted by molar-refractivity contribution is 6.42. The lowest BCUT2D eigenvalue weighted by molar-refractivity contribution is -0.132. The van der Waals surface area contributed by atoms with E-state index in [1.807, 2.05) is 0 Å². The molecule has 0 unspecified atom stereocenters. The van der Waals surface area contributed by atoms with Crippen molar-refractivity contribution in [2.75, 3.05) is 33.4 Å². The van der Waals surface area contributed by atoms with Crippen molar-refractivity contribution in [3.63, 3.8) is 0 Å². The van der Waals surface area contributed by atoms with Crippen LogP contribution in [0.5, 0.6) is 11.6 Å². The second-order valence-electron chi connectivity index (χ2n) is 9.07. The first kappa shape index (κ1) is 25.4. The fourth-order valence-electron chi connectivity index (χ4n) is 5.00. The molecule has 37 heavy (non-hydrogen) atoms. The molecule has 8 nitrogen and oxygen atoms in total. The molecule has 0 spiro atoms. The monoisotopic (exact) mass is 546 g/mol. The van der Waals surface area contributed by atoms with Crippen LogP contribution in [0.4, 0.5) is 4.39 Å². The van der Waals surface area contributed by atoms with Gasteiger partial charge in [0.25, 0.3) is 11.8 Å². The van der Waals surface area contributed by atoms with E-state index in [-0.39, 0.29) is 47.6 Å². The number of aromatic nitrogens is 2. The molecule has 1 aromatic heterocycles. The van der Waals surface area contributed by atoms with Crippen LogP contribution in [0.15, 0.2) is 48.5 Å². The summed E-state index contributed by atoms with van der Waals surface area (Å²) in [6.07, 6.45) is 1.73. The summed E-state index contributed by atoms with van der Waals surface area (Å²) in [4.78, 5) is 29.9. The molecule has 11 heteroatoms. The van der Waals surface area contributed by atoms with Gasteiger partial charge >= 0.3 is 0 Å². The maximum Gasteiger partial charge on any atom is 0.274 e. The van der Waals surface area contributed by atoms with Gasteiger partial charge in [-0.2, -0.15) is 9.78 Å². The molecule has 0 radical (unpaired) electrons. The lowest BCUT2D eigenvalue weighted by Crippen LogP contribution is -2.48. The Hall–Kier alpha value is -3.30. The van der Waals surface area contributed by atoms with E-state index in [1.54, 1.807) is 46.2 Å². The fraction of sp³-hybridized carbons (Fsp3) is 0.346. The third-order valence-corrected chi connectivity index (χ3v) is 7.57. The highest BCUT2D eigenvalue weighted by Crippen LogP contribution is 2.33. The molecule has 0 saturated carbocycles. The SMILES string of the molecule is COc1cc(C(=O)N2CCC[C@@H]3CN(C(=O)COc4ccc(Cl)c(Cl)c4)C[C@@H]32)nn1-c1ccccc1F. The first-order valence-corrected chi connectivity index (χ1v) is 12.7. The predicted molar refractivity (Wildman–Crippen MR) is 136 cm³/mol. The number of piperidine rings is 1. The van der Waals surface area contributed by atoms with Crippen molar-refractivity contribution in [2.24, 2.45) is 5.92 Å². The van der Waals surface area contributed by atoms with E-state index in [0.29, 0.717) is 35.4 Å². The molecule has 194 valence electrons. The van der Waals surface area contributed by atoms with E-state index in [9.17, 15) is 14.0 Å². The van der Waals surface area contributed by atoms with Crippen LogP contribution < -0.4 is 9.47 Å². The number of ether oxygens (including phenoxy) is 2. The summed E-state index contributed by atoms with van der Waals surface area (Å²) >= 11 is 12.0. The summed E-state index contributed by atoms with van der Waals surface area (Å²) in [5.41, 5.74) is 0.350.